The maximum Gasteiger partial charge on any atom is 0.270 e. The van der Waals surface area contributed by atoms with Crippen LogP contribution >= 0.6 is 0 Å². The minimum atomic E-state index is -3.63. The summed E-state index contributed by atoms with van der Waals surface area (Å²) in [5, 5.41) is 15.4. The molecule has 28 nitrogen and oxygen atoms in total. The zero-order valence-electron chi connectivity index (χ0n) is 82.2. The first kappa shape index (κ1) is 109. The number of aromatic nitrogens is 12. The molecule has 2 saturated carbocycles. The number of nitrogens with one attached hydrogen (secondary N) is 6. The lowest BCUT2D eigenvalue weighted by molar-refractivity contribution is 0.0167. The molecule has 2 aliphatic carbocycles. The van der Waals surface area contributed by atoms with Crippen molar-refractivity contribution in [3.05, 3.63) is 360 Å². The van der Waals surface area contributed by atoms with Crippen molar-refractivity contribution in [1.29, 1.82) is 0 Å². The summed E-state index contributed by atoms with van der Waals surface area (Å²) in [6.07, 6.45) is 20.4. The van der Waals surface area contributed by atoms with Crippen molar-refractivity contribution in [3.8, 4) is 67.5 Å². The predicted molar refractivity (Wildman–Crippen MR) is 550 cm³/mol. The molecule has 5 aromatic heterocycles. The topological polar surface area (TPSA) is 358 Å². The van der Waals surface area contributed by atoms with Crippen molar-refractivity contribution in [2.75, 3.05) is 40.6 Å². The van der Waals surface area contributed by atoms with E-state index in [1.165, 1.54) is 119 Å². The molecule has 18 rings (SSSR count). The Hall–Kier alpha value is -13.9. The maximum atomic E-state index is 13.7. The van der Waals surface area contributed by atoms with Crippen LogP contribution < -0.4 is 28.9 Å². The second-order valence-electron chi connectivity index (χ2n) is 35.6. The van der Waals surface area contributed by atoms with Gasteiger partial charge >= 0.3 is 0 Å². The van der Waals surface area contributed by atoms with Gasteiger partial charge < -0.3 is 23.6 Å². The molecule has 770 valence electrons. The van der Waals surface area contributed by atoms with Gasteiger partial charge in [0.05, 0.1) is 79.6 Å². The van der Waals surface area contributed by atoms with Crippen LogP contribution in [0.2, 0.25) is 0 Å². The largest absolute Gasteiger partial charge is 0.355 e. The lowest BCUT2D eigenvalue weighted by Gasteiger charge is -2.14. The molecule has 11 aromatic carbocycles. The minimum Gasteiger partial charge on any atom is -0.355 e. The van der Waals surface area contributed by atoms with Crippen molar-refractivity contribution < 1.29 is 77.2 Å². The van der Waals surface area contributed by atoms with E-state index < -0.39 is 73.8 Å². The lowest BCUT2D eigenvalue weighted by Crippen LogP contribution is -2.18. The SMILES string of the molecule is CCn1cnc(-c2cc(S(=O)(=O)NC)ccc2Cc2cccc(C(C)(F)F)c2)c1.CNS(=O)(=O)c1ccc(Cc2ccc(C(C)(F)F)cc2)c(-c2cn(C3CC3)cn2)c1.CNS(=O)(=O)c1ccc(Cc2cccc(C(C)(F)F)c2)c(-c2cn(C)cn2)c1.CNS(=O)(=O)c1ccc(Cc2cccc(C(C)(F)F)c2)c(-c2cn(C3CC3)cn2)c1.CNS(=O)(=O)c1ccc(Nc2ccc(-c3ccccc3)cc2)c(-c2nnn(C)n2)c1. The average molecular weight is 2110 g/mol. The third kappa shape index (κ3) is 27.9. The van der Waals surface area contributed by atoms with Crippen molar-refractivity contribution in [3.63, 3.8) is 0 Å². The van der Waals surface area contributed by atoms with Gasteiger partial charge in [0.15, 0.2) is 0 Å². The Kier molecular flexibility index (Phi) is 33.5. The van der Waals surface area contributed by atoms with Crippen LogP contribution in [0.1, 0.15) is 139 Å². The highest BCUT2D eigenvalue weighted by atomic mass is 32.2. The Morgan fingerprint density at radius 1 is 0.340 bits per heavy atom. The van der Waals surface area contributed by atoms with E-state index in [0.29, 0.717) is 105 Å². The number of anilines is 2. The van der Waals surface area contributed by atoms with Crippen LogP contribution in [0.5, 0.6) is 0 Å². The summed E-state index contributed by atoms with van der Waals surface area (Å²) < 4.78 is 251. The number of sulfonamides is 5. The number of alkyl halides is 8. The van der Waals surface area contributed by atoms with Crippen LogP contribution in [-0.4, -0.2) is 136 Å². The van der Waals surface area contributed by atoms with E-state index >= 15 is 0 Å². The standard InChI is InChI=1S/2C22H23F2N3O2S.C21H23F2N3O2S.C21H20N6O2S.C20H21F2N3O2S/c1-22(23,24)17-6-3-15(4-7-17)11-16-5-10-19(30(28,29)25-2)12-20(16)21-13-27(14-26-21)18-8-9-18;1-22(23,24)17-5-3-4-15(11-17)10-16-6-9-19(30(28,29)25-2)12-20(16)21-13-27(14-26-21)18-7-8-18;1-4-26-13-20(25-14-26)19-12-18(29(27,28)24-3)9-8-16(19)10-15-6-5-7-17(11-15)21(2,22)23;1-22-30(28,29)18-12-13-20(19(14-18)21-24-26-27(2)25-21)23-17-10-8-16(9-11-17)15-6-4-3-5-7-15;1-20(21,22)16-6-4-5-14(10-16)9-15-7-8-17(28(26,27)23-2)11-18(15)19-12-25(3)13-24-19/h3-7,10,12-14,18,25H,8-9,11H2,1-2H3;3-6,9,11-14,18,25H,7-8,10H2,1-2H3;5-9,11-14,24H,4,10H2,1-3H3;3-14,22-23H,1-2H3;4-8,10-13,23H,9H2,1-3H3. The first-order valence-electron chi connectivity index (χ1n) is 46.5. The predicted octanol–water partition coefficient (Wildman–Crippen LogP) is 20.1. The summed E-state index contributed by atoms with van der Waals surface area (Å²) >= 11 is 0. The average Bonchev–Trinajstić information content (AvgIpc) is 1.52. The van der Waals surface area contributed by atoms with Gasteiger partial charge in [-0.2, -0.15) is 4.80 Å². The van der Waals surface area contributed by atoms with Gasteiger partial charge in [-0.1, -0.05) is 146 Å². The van der Waals surface area contributed by atoms with Gasteiger partial charge in [0.1, 0.15) is 0 Å². The normalized spacial score (nSPS) is 13.1. The Bertz CT molecular complexity index is 8000. The summed E-state index contributed by atoms with van der Waals surface area (Å²) in [6.45, 7) is 6.18. The zero-order valence-corrected chi connectivity index (χ0v) is 86.3. The monoisotopic (exact) mass is 2110 g/mol. The second kappa shape index (κ2) is 45.2. The van der Waals surface area contributed by atoms with E-state index in [4.69, 9.17) is 0 Å². The lowest BCUT2D eigenvalue weighted by atomic mass is 9.96. The Morgan fingerprint density at radius 2 is 0.680 bits per heavy atom. The molecule has 2 fully saturated rings. The van der Waals surface area contributed by atoms with Gasteiger partial charge in [-0.25, -0.2) is 121 Å². The molecule has 0 saturated heterocycles. The number of imidazole rings is 4. The third-order valence-corrected chi connectivity index (χ3v) is 31.6. The number of tetrazole rings is 1. The Labute approximate surface area is 849 Å². The molecule has 2 aliphatic rings. The molecule has 0 radical (unpaired) electrons. The van der Waals surface area contributed by atoms with Crippen molar-refractivity contribution >= 4 is 61.5 Å². The highest BCUT2D eigenvalue weighted by molar-refractivity contribution is 7.90. The van der Waals surface area contributed by atoms with E-state index in [1.54, 1.807) is 152 Å². The van der Waals surface area contributed by atoms with Crippen LogP contribution in [0.15, 0.2) is 317 Å². The molecule has 0 bridgehead atoms. The summed E-state index contributed by atoms with van der Waals surface area (Å²) in [7, 11) is -7.81. The molecular formula is C106H110F8N18O10S5. The molecule has 41 heteroatoms. The van der Waals surface area contributed by atoms with Crippen LogP contribution in [0, 0.1) is 0 Å². The smallest absolute Gasteiger partial charge is 0.270 e. The number of halogens is 8. The highest BCUT2D eigenvalue weighted by Crippen LogP contribution is 2.42. The maximum absolute atomic E-state index is 13.7. The van der Waals surface area contributed by atoms with Crippen LogP contribution in [0.3, 0.4) is 0 Å². The van der Waals surface area contributed by atoms with Crippen LogP contribution in [-0.2, 0) is 120 Å². The summed E-state index contributed by atoms with van der Waals surface area (Å²) in [6, 6.07) is 68.1. The van der Waals surface area contributed by atoms with Gasteiger partial charge in [-0.3, -0.25) is 0 Å². The van der Waals surface area contributed by atoms with Crippen LogP contribution in [0.4, 0.5) is 46.5 Å². The van der Waals surface area contributed by atoms with E-state index in [9.17, 15) is 77.2 Å². The van der Waals surface area contributed by atoms with E-state index in [2.05, 4.69) is 81.0 Å². The number of hydrogen-bond donors (Lipinski definition) is 6. The number of aryl methyl sites for hydroxylation is 3. The first-order valence-corrected chi connectivity index (χ1v) is 53.9. The summed E-state index contributed by atoms with van der Waals surface area (Å²) in [5.41, 5.74) is 15.7. The second-order valence-corrected chi connectivity index (χ2v) is 45.1. The van der Waals surface area contributed by atoms with E-state index in [0.717, 1.165) is 116 Å². The number of nitrogens with zero attached hydrogens (tertiary/aromatic N) is 12. The Balaban J connectivity index is 0.000000145. The molecule has 0 spiro atoms. The quantitative estimate of drug-likeness (QED) is 0.0208. The molecule has 16 aromatic rings. The zero-order chi connectivity index (χ0) is 106. The van der Waals surface area contributed by atoms with Crippen molar-refractivity contribution in [1.82, 2.24) is 82.0 Å². The highest BCUT2D eigenvalue weighted by Gasteiger charge is 2.32. The Morgan fingerprint density at radius 3 is 1.01 bits per heavy atom. The molecule has 5 heterocycles. The van der Waals surface area contributed by atoms with Gasteiger partial charge in [-0.05, 0) is 251 Å². The van der Waals surface area contributed by atoms with Gasteiger partial charge in [0.25, 0.3) is 23.7 Å². The summed E-state index contributed by atoms with van der Waals surface area (Å²) in [5.74, 6) is -11.3. The molecule has 0 amide bonds. The van der Waals surface area contributed by atoms with Crippen molar-refractivity contribution in [2.45, 2.75) is 153 Å². The molecule has 147 heavy (non-hydrogen) atoms. The minimum absolute atomic E-state index is 0.0369. The summed E-state index contributed by atoms with van der Waals surface area (Å²) in [4.78, 5) is 19.7. The molecule has 0 unspecified atom stereocenters. The fourth-order valence-corrected chi connectivity index (χ4v) is 19.7. The van der Waals surface area contributed by atoms with Crippen LogP contribution in [0.25, 0.3) is 67.5 Å². The molecule has 0 atom stereocenters. The number of hydrogen-bond acceptors (Lipinski definition) is 18. The van der Waals surface area contributed by atoms with Gasteiger partial charge in [0.2, 0.25) is 55.9 Å². The molecule has 0 aliphatic heterocycles. The fraction of sp³-hybridized carbons (Fsp3) is 0.255. The number of benzene rings is 11. The molecule has 6 N–H and O–H groups in total. The first-order chi connectivity index (χ1) is 69.5. The van der Waals surface area contributed by atoms with E-state index in [-0.39, 0.29) is 46.7 Å². The third-order valence-electron chi connectivity index (χ3n) is 24.5. The van der Waals surface area contributed by atoms with E-state index in [1.807, 2.05) is 84.2 Å². The van der Waals surface area contributed by atoms with Crippen molar-refractivity contribution in [2.24, 2.45) is 14.1 Å². The van der Waals surface area contributed by atoms with Gasteiger partial charge in [0, 0.05) is 140 Å². The number of rotatable bonds is 33. The van der Waals surface area contributed by atoms with Gasteiger partial charge in [-0.15, -0.1) is 10.2 Å². The fourth-order valence-electron chi connectivity index (χ4n) is 15.9. The molecular weight excluding hydrogens is 2000 g/mol.